The maximum absolute atomic E-state index is 13.0. The Bertz CT molecular complexity index is 1190. The van der Waals surface area contributed by atoms with E-state index in [1.54, 1.807) is 24.3 Å². The Morgan fingerprint density at radius 3 is 2.30 bits per heavy atom. The van der Waals surface area contributed by atoms with Crippen LogP contribution in [-0.2, 0) is 0 Å². The maximum Gasteiger partial charge on any atom is 0.255 e. The molecule has 0 atom stereocenters. The molecule has 4 nitrogen and oxygen atoms in total. The molecule has 0 aliphatic carbocycles. The standard InChI is InChI=1S/C22H14Cl2FN3OS/c23-18-10-9-17(11-19(18)24)27-22-28-20(12-30-22)13-3-7-16(8-4-13)26-21(29)14-1-5-15(25)6-2-14/h1-12H,(H,26,29)(H,27,28). The normalized spacial score (nSPS) is 10.6. The molecule has 8 heteroatoms. The number of benzene rings is 3. The van der Waals surface area contributed by atoms with Crippen molar-refractivity contribution in [3.8, 4) is 11.3 Å². The zero-order valence-electron chi connectivity index (χ0n) is 15.3. The van der Waals surface area contributed by atoms with Crippen molar-refractivity contribution in [2.24, 2.45) is 0 Å². The van der Waals surface area contributed by atoms with Gasteiger partial charge >= 0.3 is 0 Å². The predicted molar refractivity (Wildman–Crippen MR) is 122 cm³/mol. The van der Waals surface area contributed by atoms with Crippen molar-refractivity contribution in [2.45, 2.75) is 0 Å². The van der Waals surface area contributed by atoms with Crippen LogP contribution in [0.15, 0.2) is 72.1 Å². The van der Waals surface area contributed by atoms with Crippen LogP contribution in [0.1, 0.15) is 10.4 Å². The number of halogens is 3. The quantitative estimate of drug-likeness (QED) is 0.331. The highest BCUT2D eigenvalue weighted by molar-refractivity contribution is 7.14. The summed E-state index contributed by atoms with van der Waals surface area (Å²) in [6.07, 6.45) is 0. The molecule has 4 aromatic rings. The number of amides is 1. The van der Waals surface area contributed by atoms with Crippen LogP contribution < -0.4 is 10.6 Å². The summed E-state index contributed by atoms with van der Waals surface area (Å²) in [5, 5.41) is 9.61. The lowest BCUT2D eigenvalue weighted by molar-refractivity contribution is 0.102. The van der Waals surface area contributed by atoms with Gasteiger partial charge in [-0.2, -0.15) is 0 Å². The number of carbonyl (C=O) groups excluding carboxylic acids is 1. The van der Waals surface area contributed by atoms with Gasteiger partial charge in [-0.3, -0.25) is 4.79 Å². The second-order valence-corrected chi connectivity index (χ2v) is 8.00. The molecule has 1 heterocycles. The van der Waals surface area contributed by atoms with Gasteiger partial charge in [0.15, 0.2) is 5.13 Å². The first kappa shape index (κ1) is 20.3. The van der Waals surface area contributed by atoms with Crippen LogP contribution in [0.25, 0.3) is 11.3 Å². The third kappa shape index (κ3) is 4.79. The number of hydrogen-bond acceptors (Lipinski definition) is 4. The van der Waals surface area contributed by atoms with E-state index in [0.29, 0.717) is 21.3 Å². The molecule has 1 amide bonds. The number of rotatable bonds is 5. The summed E-state index contributed by atoms with van der Waals surface area (Å²) >= 11 is 13.4. The van der Waals surface area contributed by atoms with E-state index in [2.05, 4.69) is 15.6 Å². The SMILES string of the molecule is O=C(Nc1ccc(-c2csc(Nc3ccc(Cl)c(Cl)c3)n2)cc1)c1ccc(F)cc1. The minimum absolute atomic E-state index is 0.301. The molecule has 0 spiro atoms. The van der Waals surface area contributed by atoms with Gasteiger partial charge < -0.3 is 10.6 Å². The van der Waals surface area contributed by atoms with Crippen LogP contribution in [0.5, 0.6) is 0 Å². The predicted octanol–water partition coefficient (Wildman–Crippen LogP) is 7.25. The van der Waals surface area contributed by atoms with E-state index < -0.39 is 0 Å². The summed E-state index contributed by atoms with van der Waals surface area (Å²) in [4.78, 5) is 16.8. The van der Waals surface area contributed by atoms with E-state index in [4.69, 9.17) is 23.2 Å². The van der Waals surface area contributed by atoms with Gasteiger partial charge in [-0.25, -0.2) is 9.37 Å². The molecule has 0 saturated heterocycles. The fourth-order valence-electron chi connectivity index (χ4n) is 2.69. The molecule has 0 unspecified atom stereocenters. The Morgan fingerprint density at radius 2 is 1.60 bits per heavy atom. The average molecular weight is 458 g/mol. The molecular formula is C22H14Cl2FN3OS. The number of nitrogens with one attached hydrogen (secondary N) is 2. The number of thiazole rings is 1. The van der Waals surface area contributed by atoms with Gasteiger partial charge in [-0.1, -0.05) is 35.3 Å². The molecule has 3 aromatic carbocycles. The van der Waals surface area contributed by atoms with Gasteiger partial charge in [-0.05, 0) is 54.6 Å². The Balaban J connectivity index is 1.43. The molecule has 1 aromatic heterocycles. The molecule has 0 saturated carbocycles. The number of nitrogens with zero attached hydrogens (tertiary/aromatic N) is 1. The summed E-state index contributed by atoms with van der Waals surface area (Å²) in [6, 6.07) is 18.0. The Labute approximate surface area is 186 Å². The van der Waals surface area contributed by atoms with E-state index in [1.165, 1.54) is 35.6 Å². The molecule has 0 aliphatic rings. The van der Waals surface area contributed by atoms with E-state index >= 15 is 0 Å². The van der Waals surface area contributed by atoms with E-state index in [0.717, 1.165) is 22.1 Å². The third-order valence-corrected chi connectivity index (χ3v) is 5.72. The van der Waals surface area contributed by atoms with Gasteiger partial charge in [0.2, 0.25) is 0 Å². The Kier molecular flexibility index (Phi) is 5.99. The summed E-state index contributed by atoms with van der Waals surface area (Å²) in [5.41, 5.74) is 3.53. The van der Waals surface area contributed by atoms with Crippen molar-refractivity contribution in [2.75, 3.05) is 10.6 Å². The molecule has 4 rings (SSSR count). The number of anilines is 3. The lowest BCUT2D eigenvalue weighted by atomic mass is 10.1. The van der Waals surface area contributed by atoms with E-state index in [-0.39, 0.29) is 11.7 Å². The van der Waals surface area contributed by atoms with Gasteiger partial charge in [0, 0.05) is 27.9 Å². The lowest BCUT2D eigenvalue weighted by Crippen LogP contribution is -2.11. The molecule has 150 valence electrons. The average Bonchev–Trinajstić information content (AvgIpc) is 3.20. The molecule has 30 heavy (non-hydrogen) atoms. The van der Waals surface area contributed by atoms with Gasteiger partial charge in [0.05, 0.1) is 15.7 Å². The first-order valence-corrected chi connectivity index (χ1v) is 10.5. The second-order valence-electron chi connectivity index (χ2n) is 6.33. The summed E-state index contributed by atoms with van der Waals surface area (Å²) in [6.45, 7) is 0. The smallest absolute Gasteiger partial charge is 0.255 e. The third-order valence-electron chi connectivity index (χ3n) is 4.22. The Morgan fingerprint density at radius 1 is 0.900 bits per heavy atom. The van der Waals surface area contributed by atoms with Crippen molar-refractivity contribution in [1.82, 2.24) is 4.98 Å². The summed E-state index contributed by atoms with van der Waals surface area (Å²) < 4.78 is 13.0. The maximum atomic E-state index is 13.0. The van der Waals surface area contributed by atoms with Crippen LogP contribution in [-0.4, -0.2) is 10.9 Å². The molecule has 0 bridgehead atoms. The van der Waals surface area contributed by atoms with Crippen LogP contribution >= 0.6 is 34.5 Å². The second kappa shape index (κ2) is 8.83. The van der Waals surface area contributed by atoms with Crippen LogP contribution in [0.2, 0.25) is 10.0 Å². The zero-order valence-corrected chi connectivity index (χ0v) is 17.7. The van der Waals surface area contributed by atoms with Crippen molar-refractivity contribution >= 4 is 57.0 Å². The lowest BCUT2D eigenvalue weighted by Gasteiger charge is -2.06. The molecular weight excluding hydrogens is 444 g/mol. The highest BCUT2D eigenvalue weighted by atomic mass is 35.5. The largest absolute Gasteiger partial charge is 0.331 e. The van der Waals surface area contributed by atoms with Crippen LogP contribution in [0.4, 0.5) is 20.9 Å². The molecule has 0 fully saturated rings. The van der Waals surface area contributed by atoms with Crippen molar-refractivity contribution < 1.29 is 9.18 Å². The topological polar surface area (TPSA) is 54.0 Å². The fourth-order valence-corrected chi connectivity index (χ4v) is 3.73. The van der Waals surface area contributed by atoms with E-state index in [9.17, 15) is 9.18 Å². The highest BCUT2D eigenvalue weighted by Gasteiger charge is 2.09. The van der Waals surface area contributed by atoms with Gasteiger partial charge in [-0.15, -0.1) is 11.3 Å². The highest BCUT2D eigenvalue weighted by Crippen LogP contribution is 2.30. The minimum Gasteiger partial charge on any atom is -0.331 e. The number of carbonyl (C=O) groups is 1. The molecule has 0 radical (unpaired) electrons. The van der Waals surface area contributed by atoms with Crippen LogP contribution in [0, 0.1) is 5.82 Å². The first-order chi connectivity index (χ1) is 14.5. The van der Waals surface area contributed by atoms with Gasteiger partial charge in [0.1, 0.15) is 5.82 Å². The van der Waals surface area contributed by atoms with E-state index in [1.807, 2.05) is 23.6 Å². The van der Waals surface area contributed by atoms with Crippen molar-refractivity contribution in [3.63, 3.8) is 0 Å². The number of hydrogen-bond donors (Lipinski definition) is 2. The van der Waals surface area contributed by atoms with Crippen molar-refractivity contribution in [1.29, 1.82) is 0 Å². The van der Waals surface area contributed by atoms with Gasteiger partial charge in [0.25, 0.3) is 5.91 Å². The molecule has 0 aliphatic heterocycles. The molecule has 2 N–H and O–H groups in total. The van der Waals surface area contributed by atoms with Crippen molar-refractivity contribution in [3.05, 3.63) is 93.5 Å². The van der Waals surface area contributed by atoms with Crippen LogP contribution in [0.3, 0.4) is 0 Å². The first-order valence-electron chi connectivity index (χ1n) is 8.83. The monoisotopic (exact) mass is 457 g/mol. The summed E-state index contributed by atoms with van der Waals surface area (Å²) in [5.74, 6) is -0.684. The number of aromatic nitrogens is 1. The minimum atomic E-state index is -0.382. The Hall–Kier alpha value is -2.93. The zero-order chi connectivity index (χ0) is 21.1. The summed E-state index contributed by atoms with van der Waals surface area (Å²) in [7, 11) is 0. The fraction of sp³-hybridized carbons (Fsp3) is 0.